The molecule has 0 amide bonds. The van der Waals surface area contributed by atoms with Gasteiger partial charge in [0, 0.05) is 28.2 Å². The van der Waals surface area contributed by atoms with Crippen LogP contribution in [0.2, 0.25) is 0 Å². The summed E-state index contributed by atoms with van der Waals surface area (Å²) in [5.41, 5.74) is 1.31. The van der Waals surface area contributed by atoms with Crippen molar-refractivity contribution >= 4 is 11.3 Å². The largest absolute Gasteiger partial charge is 0.314 e. The molecule has 0 radical (unpaired) electrons. The van der Waals surface area contributed by atoms with Gasteiger partial charge in [0.1, 0.15) is 0 Å². The van der Waals surface area contributed by atoms with Gasteiger partial charge in [-0.25, -0.2) is 0 Å². The molecule has 2 nitrogen and oxygen atoms in total. The number of likely N-dealkylation sites (N-methyl/N-ethyl adjacent to an activating group) is 1. The third-order valence-corrected chi connectivity index (χ3v) is 4.46. The van der Waals surface area contributed by atoms with Gasteiger partial charge < -0.3 is 5.32 Å². The first-order chi connectivity index (χ1) is 9.31. The van der Waals surface area contributed by atoms with Gasteiger partial charge in [-0.3, -0.25) is 4.98 Å². The predicted molar refractivity (Wildman–Crippen MR) is 82.8 cm³/mol. The van der Waals surface area contributed by atoms with Crippen molar-refractivity contribution in [2.75, 3.05) is 6.54 Å². The van der Waals surface area contributed by atoms with Crippen molar-refractivity contribution in [3.63, 3.8) is 0 Å². The summed E-state index contributed by atoms with van der Waals surface area (Å²) in [7, 11) is 0. The summed E-state index contributed by atoms with van der Waals surface area (Å²) in [5.74, 6) is 0. The SMILES string of the molecule is CCNC(Cc1cccnc1)Cc1ccc(CC)s1. The summed E-state index contributed by atoms with van der Waals surface area (Å²) in [6.45, 7) is 5.39. The van der Waals surface area contributed by atoms with Gasteiger partial charge in [0.2, 0.25) is 0 Å². The molecular weight excluding hydrogens is 252 g/mol. The minimum absolute atomic E-state index is 0.498. The first-order valence-corrected chi connectivity index (χ1v) is 7.83. The number of pyridine rings is 1. The summed E-state index contributed by atoms with van der Waals surface area (Å²) in [4.78, 5) is 7.15. The third-order valence-electron chi connectivity index (χ3n) is 3.21. The van der Waals surface area contributed by atoms with E-state index in [0.717, 1.165) is 25.8 Å². The number of hydrogen-bond donors (Lipinski definition) is 1. The molecule has 1 N–H and O–H groups in total. The van der Waals surface area contributed by atoms with Crippen molar-refractivity contribution in [1.29, 1.82) is 0 Å². The fraction of sp³-hybridized carbons (Fsp3) is 0.438. The molecule has 0 saturated carbocycles. The first kappa shape index (κ1) is 14.2. The second-order valence-electron chi connectivity index (χ2n) is 4.75. The highest BCUT2D eigenvalue weighted by Gasteiger charge is 2.11. The molecule has 0 aliphatic carbocycles. The lowest BCUT2D eigenvalue weighted by atomic mass is 10.0. The summed E-state index contributed by atoms with van der Waals surface area (Å²) in [6.07, 6.45) is 7.09. The normalized spacial score (nSPS) is 12.5. The van der Waals surface area contributed by atoms with E-state index in [1.54, 1.807) is 0 Å². The van der Waals surface area contributed by atoms with E-state index >= 15 is 0 Å². The van der Waals surface area contributed by atoms with Crippen molar-refractivity contribution in [1.82, 2.24) is 10.3 Å². The van der Waals surface area contributed by atoms with Crippen LogP contribution in [0.1, 0.15) is 29.2 Å². The molecule has 0 spiro atoms. The quantitative estimate of drug-likeness (QED) is 0.836. The number of aryl methyl sites for hydroxylation is 1. The van der Waals surface area contributed by atoms with Crippen molar-refractivity contribution in [3.8, 4) is 0 Å². The summed E-state index contributed by atoms with van der Waals surface area (Å²) in [5, 5.41) is 3.59. The van der Waals surface area contributed by atoms with E-state index in [4.69, 9.17) is 0 Å². The molecule has 1 unspecified atom stereocenters. The molecule has 0 saturated heterocycles. The zero-order chi connectivity index (χ0) is 13.5. The van der Waals surface area contributed by atoms with Gasteiger partial charge >= 0.3 is 0 Å². The van der Waals surface area contributed by atoms with E-state index in [9.17, 15) is 0 Å². The smallest absolute Gasteiger partial charge is 0.0300 e. The Morgan fingerprint density at radius 2 is 2.00 bits per heavy atom. The van der Waals surface area contributed by atoms with Crippen LogP contribution >= 0.6 is 11.3 Å². The molecule has 2 aromatic heterocycles. The van der Waals surface area contributed by atoms with Crippen LogP contribution in [0.25, 0.3) is 0 Å². The molecule has 2 rings (SSSR count). The number of nitrogens with zero attached hydrogens (tertiary/aromatic N) is 1. The molecule has 0 aliphatic rings. The van der Waals surface area contributed by atoms with Crippen molar-refractivity contribution in [2.24, 2.45) is 0 Å². The van der Waals surface area contributed by atoms with Gasteiger partial charge in [0.25, 0.3) is 0 Å². The lowest BCUT2D eigenvalue weighted by Gasteiger charge is -2.17. The van der Waals surface area contributed by atoms with Crippen molar-refractivity contribution in [3.05, 3.63) is 52.0 Å². The van der Waals surface area contributed by atoms with E-state index in [1.807, 2.05) is 29.8 Å². The maximum atomic E-state index is 4.20. The number of aromatic nitrogens is 1. The Morgan fingerprint density at radius 3 is 2.63 bits per heavy atom. The molecule has 0 aliphatic heterocycles. The van der Waals surface area contributed by atoms with Crippen molar-refractivity contribution in [2.45, 2.75) is 39.2 Å². The number of rotatable bonds is 7. The Hall–Kier alpha value is -1.19. The lowest BCUT2D eigenvalue weighted by molar-refractivity contribution is 0.524. The maximum Gasteiger partial charge on any atom is 0.0300 e. The van der Waals surface area contributed by atoms with Crippen LogP contribution in [0.5, 0.6) is 0 Å². The molecule has 102 valence electrons. The Kier molecular flexibility index (Phi) is 5.55. The zero-order valence-corrected chi connectivity index (χ0v) is 12.5. The maximum absolute atomic E-state index is 4.20. The van der Waals surface area contributed by atoms with E-state index in [-0.39, 0.29) is 0 Å². The topological polar surface area (TPSA) is 24.9 Å². The molecule has 19 heavy (non-hydrogen) atoms. The highest BCUT2D eigenvalue weighted by molar-refractivity contribution is 7.11. The number of thiophene rings is 1. The van der Waals surface area contributed by atoms with Gasteiger partial charge in [-0.1, -0.05) is 19.9 Å². The second-order valence-corrected chi connectivity index (χ2v) is 6.00. The van der Waals surface area contributed by atoms with Crippen molar-refractivity contribution < 1.29 is 0 Å². The average Bonchev–Trinajstić information content (AvgIpc) is 2.88. The van der Waals surface area contributed by atoms with E-state index in [2.05, 4.69) is 42.3 Å². The molecular formula is C16H22N2S. The molecule has 0 bridgehead atoms. The average molecular weight is 274 g/mol. The minimum Gasteiger partial charge on any atom is -0.314 e. The Balaban J connectivity index is 1.99. The van der Waals surface area contributed by atoms with Gasteiger partial charge in [-0.15, -0.1) is 11.3 Å². The van der Waals surface area contributed by atoms with Crippen LogP contribution in [0.4, 0.5) is 0 Å². The van der Waals surface area contributed by atoms with Gasteiger partial charge in [-0.2, -0.15) is 0 Å². The zero-order valence-electron chi connectivity index (χ0n) is 11.7. The third kappa shape index (κ3) is 4.44. The van der Waals surface area contributed by atoms with Crippen LogP contribution in [-0.2, 0) is 19.3 Å². The lowest BCUT2D eigenvalue weighted by Crippen LogP contribution is -2.32. The van der Waals surface area contributed by atoms with Gasteiger partial charge in [-0.05, 0) is 49.6 Å². The van der Waals surface area contributed by atoms with Crippen LogP contribution < -0.4 is 5.32 Å². The Bertz CT molecular complexity index is 479. The monoisotopic (exact) mass is 274 g/mol. The van der Waals surface area contributed by atoms with E-state index in [0.29, 0.717) is 6.04 Å². The second kappa shape index (κ2) is 7.41. The van der Waals surface area contributed by atoms with Crippen LogP contribution in [0, 0.1) is 0 Å². The molecule has 0 aromatic carbocycles. The molecule has 3 heteroatoms. The van der Waals surface area contributed by atoms with Gasteiger partial charge in [0.15, 0.2) is 0 Å². The van der Waals surface area contributed by atoms with Crippen LogP contribution in [-0.4, -0.2) is 17.6 Å². The minimum atomic E-state index is 0.498. The molecule has 0 fully saturated rings. The van der Waals surface area contributed by atoms with Gasteiger partial charge in [0.05, 0.1) is 0 Å². The van der Waals surface area contributed by atoms with E-state index < -0.39 is 0 Å². The Labute approximate surface area is 119 Å². The first-order valence-electron chi connectivity index (χ1n) is 7.01. The number of nitrogens with one attached hydrogen (secondary N) is 1. The highest BCUT2D eigenvalue weighted by Crippen LogP contribution is 2.19. The summed E-state index contributed by atoms with van der Waals surface area (Å²) in [6, 6.07) is 9.20. The van der Waals surface area contributed by atoms with E-state index in [1.165, 1.54) is 15.3 Å². The standard InChI is InChI=1S/C16H22N2S/c1-3-15-7-8-16(19-15)11-14(18-4-2)10-13-6-5-9-17-12-13/h5-9,12,14,18H,3-4,10-11H2,1-2H3. The highest BCUT2D eigenvalue weighted by atomic mass is 32.1. The van der Waals surface area contributed by atoms with Crippen LogP contribution in [0.3, 0.4) is 0 Å². The Morgan fingerprint density at radius 1 is 1.16 bits per heavy atom. The van der Waals surface area contributed by atoms with Crippen LogP contribution in [0.15, 0.2) is 36.7 Å². The predicted octanol–water partition coefficient (Wildman–Crippen LogP) is 3.47. The summed E-state index contributed by atoms with van der Waals surface area (Å²) < 4.78 is 0. The molecule has 2 aromatic rings. The number of hydrogen-bond acceptors (Lipinski definition) is 3. The fourth-order valence-corrected chi connectivity index (χ4v) is 3.31. The molecule has 2 heterocycles. The summed E-state index contributed by atoms with van der Waals surface area (Å²) >= 11 is 1.94. The molecule has 1 atom stereocenters. The fourth-order valence-electron chi connectivity index (χ4n) is 2.27.